The van der Waals surface area contributed by atoms with E-state index in [1.807, 2.05) is 8.93 Å². The van der Waals surface area contributed by atoms with Crippen molar-refractivity contribution >= 4 is 24.3 Å². The van der Waals surface area contributed by atoms with Gasteiger partial charge in [-0.25, -0.2) is 0 Å². The third-order valence-electron chi connectivity index (χ3n) is 0.0563. The molecule has 0 bridgehead atoms. The van der Waals surface area contributed by atoms with E-state index in [1.54, 1.807) is 0 Å². The van der Waals surface area contributed by atoms with Crippen LogP contribution >= 0.6 is 17.0 Å². The lowest BCUT2D eigenvalue weighted by Gasteiger charge is -1.61. The van der Waals surface area contributed by atoms with Gasteiger partial charge in [0.15, 0.2) is 0 Å². The molecule has 0 aliphatic rings. The van der Waals surface area contributed by atoms with E-state index in [2.05, 4.69) is 0 Å². The van der Waals surface area contributed by atoms with Crippen LogP contribution in [0.4, 0.5) is 4.32 Å². The van der Waals surface area contributed by atoms with Gasteiger partial charge < -0.3 is 4.32 Å². The third kappa shape index (κ3) is 2.85. The Bertz CT molecular complexity index is 23.6. The Morgan fingerprint density at radius 3 is 2.75 bits per heavy atom. The summed E-state index contributed by atoms with van der Waals surface area (Å²) in [6.45, 7) is 0. The Balaban J connectivity index is 2.54. The molecule has 0 amide bonds. The average Bonchev–Trinajstić information content (AvgIpc) is 1.38. The lowest BCUT2D eigenvalue weighted by Crippen LogP contribution is -1.45. The Labute approximate surface area is 31.0 Å². The molecule has 0 rings (SSSR count). The standard InChI is InChI=1S/BFH3P2/c2-1-4-3/h4H,3H2/i4T. The maximum absolute atomic E-state index is 10.8. The molecule has 2 unspecified atom stereocenters. The quantitative estimate of drug-likeness (QED) is 0.337. The van der Waals surface area contributed by atoms with Crippen LogP contribution in [0.5, 0.6) is 0 Å². The molecule has 0 fully saturated rings. The molecule has 0 heterocycles. The van der Waals surface area contributed by atoms with Crippen molar-refractivity contribution < 1.29 is 4.32 Å². The zero-order chi connectivity index (χ0) is 4.28. The molecule has 4 heavy (non-hydrogen) atoms. The fourth-order valence-electron chi connectivity index (χ4n) is 0. The van der Waals surface area contributed by atoms with E-state index >= 15 is 0 Å². The molecule has 0 aliphatic carbocycles. The van der Waals surface area contributed by atoms with Crippen LogP contribution in [-0.4, -0.2) is 8.55 Å². The molecule has 0 aliphatic heterocycles. The lowest BCUT2D eigenvalue weighted by atomic mass is 10.6. The summed E-state index contributed by atoms with van der Waals surface area (Å²) < 4.78 is 17.2. The highest BCUT2D eigenvalue weighted by atomic mass is 32.0. The van der Waals surface area contributed by atoms with Gasteiger partial charge >= 0.3 is 7.28 Å². The zero-order valence-corrected chi connectivity index (χ0v) is 4.03. The van der Waals surface area contributed by atoms with Gasteiger partial charge in [-0.2, -0.15) is 0 Å². The van der Waals surface area contributed by atoms with Gasteiger partial charge in [-0.1, -0.05) is 0 Å². The first-order valence-electron chi connectivity index (χ1n) is 1.18. The van der Waals surface area contributed by atoms with Crippen LogP contribution in [0.3, 0.4) is 0 Å². The fourth-order valence-corrected chi connectivity index (χ4v) is 0. The first kappa shape index (κ1) is 3.06. The normalized spacial score (nSPS) is 18.0. The van der Waals surface area contributed by atoms with Gasteiger partial charge in [0.05, 0.1) is 1.28 Å². The maximum atomic E-state index is 10.8. The molecule has 2 atom stereocenters. The van der Waals surface area contributed by atoms with Gasteiger partial charge in [0.2, 0.25) is 0 Å². The second-order valence-corrected chi connectivity index (χ2v) is 1.63. The number of halogens is 1. The second kappa shape index (κ2) is 3.85. The van der Waals surface area contributed by atoms with E-state index < -0.39 is 8.09 Å². The molecular weight excluding hydrogens is 91.8 g/mol. The molecule has 0 spiro atoms. The van der Waals surface area contributed by atoms with Crippen molar-refractivity contribution in [3.05, 3.63) is 0 Å². The first-order valence-corrected chi connectivity index (χ1v) is 3.32. The summed E-state index contributed by atoms with van der Waals surface area (Å²) in [5.74, 6) is 0. The van der Waals surface area contributed by atoms with E-state index in [0.717, 1.165) is 0 Å². The van der Waals surface area contributed by atoms with Crippen molar-refractivity contribution in [2.24, 2.45) is 0 Å². The van der Waals surface area contributed by atoms with Gasteiger partial charge in [-0.3, -0.25) is 0 Å². The van der Waals surface area contributed by atoms with E-state index in [-0.39, 0.29) is 0 Å². The molecule has 0 nitrogen and oxygen atoms in total. The van der Waals surface area contributed by atoms with Crippen LogP contribution in [0.15, 0.2) is 0 Å². The fraction of sp³-hybridized carbons (Fsp3) is 0. The maximum Gasteiger partial charge on any atom is 0.387 e. The summed E-state index contributed by atoms with van der Waals surface area (Å²) in [7, 11) is 1.17. The van der Waals surface area contributed by atoms with E-state index in [9.17, 15) is 4.32 Å². The van der Waals surface area contributed by atoms with Gasteiger partial charge in [0.25, 0.3) is 0 Å². The zero-order valence-electron chi connectivity index (χ0n) is 2.98. The monoisotopic (exact) mass is 97.0 g/mol. The van der Waals surface area contributed by atoms with Crippen LogP contribution < -0.4 is 0 Å². The van der Waals surface area contributed by atoms with Gasteiger partial charge in [-0.15, -0.1) is 17.0 Å². The summed E-state index contributed by atoms with van der Waals surface area (Å²) in [6.07, 6.45) is 0. The number of hydrogen-bond acceptors (Lipinski definition) is 0. The molecule has 0 aromatic carbocycles. The minimum atomic E-state index is -1.22. The molecule has 1 radical (unpaired) electrons. The predicted molar refractivity (Wildman–Crippen MR) is 24.9 cm³/mol. The van der Waals surface area contributed by atoms with Crippen molar-refractivity contribution in [1.29, 1.82) is 1.28 Å². The highest BCUT2D eigenvalue weighted by Gasteiger charge is 1.69. The van der Waals surface area contributed by atoms with Gasteiger partial charge in [-0.05, 0) is 0 Å². The van der Waals surface area contributed by atoms with Crippen LogP contribution in [-0.2, 0) is 0 Å². The van der Waals surface area contributed by atoms with Crippen molar-refractivity contribution in [3.8, 4) is 0 Å². The van der Waals surface area contributed by atoms with E-state index in [4.69, 9.17) is 1.28 Å². The molecule has 4 heteroatoms. The summed E-state index contributed by atoms with van der Waals surface area (Å²) in [5, 5.41) is 0. The van der Waals surface area contributed by atoms with Gasteiger partial charge in [0, 0.05) is 0 Å². The summed E-state index contributed by atoms with van der Waals surface area (Å²) >= 11 is 0. The Morgan fingerprint density at radius 1 is 2.50 bits per heavy atom. The molecular formula is H3BFP2. The third-order valence-corrected chi connectivity index (χ3v) is 0.507. The first-order chi connectivity index (χ1) is 2.27. The van der Waals surface area contributed by atoms with Crippen molar-refractivity contribution in [1.82, 2.24) is 0 Å². The molecule has 0 N–H and O–H groups in total. The van der Waals surface area contributed by atoms with Crippen LogP contribution in [0.1, 0.15) is 0 Å². The molecule has 0 saturated heterocycles. The Morgan fingerprint density at radius 2 is 2.75 bits per heavy atom. The Kier molecular flexibility index (Phi) is 2.95. The summed E-state index contributed by atoms with van der Waals surface area (Å²) in [4.78, 5) is 0. The summed E-state index contributed by atoms with van der Waals surface area (Å²) in [5.41, 5.74) is 0. The van der Waals surface area contributed by atoms with Crippen molar-refractivity contribution in [2.75, 3.05) is 0 Å². The molecule has 0 saturated carbocycles. The predicted octanol–water partition coefficient (Wildman–Crippen LogP) is 0.959. The van der Waals surface area contributed by atoms with Gasteiger partial charge in [0.1, 0.15) is 0 Å². The minimum absolute atomic E-state index is 0.361. The smallest absolute Gasteiger partial charge is 0.335 e. The minimum Gasteiger partial charge on any atom is -0.335 e. The SMILES string of the molecule is [3H]P(P)[B]F. The van der Waals surface area contributed by atoms with Crippen LogP contribution in [0.25, 0.3) is 0 Å². The largest absolute Gasteiger partial charge is 0.387 e. The van der Waals surface area contributed by atoms with Crippen molar-refractivity contribution in [3.63, 3.8) is 0 Å². The Hall–Kier alpha value is 0.855. The number of rotatable bonds is 1. The molecule has 0 aromatic rings. The topological polar surface area (TPSA) is 0 Å². The molecule has 23 valence electrons. The van der Waals surface area contributed by atoms with Crippen LogP contribution in [0.2, 0.25) is 0 Å². The van der Waals surface area contributed by atoms with Crippen LogP contribution in [0, 0.1) is 0 Å². The van der Waals surface area contributed by atoms with Crippen molar-refractivity contribution in [2.45, 2.75) is 0 Å². The highest BCUT2D eigenvalue weighted by Crippen LogP contribution is 2.15. The highest BCUT2D eigenvalue weighted by molar-refractivity contribution is 8.16. The number of hydrogen-bond donors (Lipinski definition) is 0. The molecule has 0 aromatic heterocycles. The average molecular weight is 96.8 g/mol. The van der Waals surface area contributed by atoms with E-state index in [0.29, 0.717) is 7.28 Å². The lowest BCUT2D eigenvalue weighted by molar-refractivity contribution is 0.895. The van der Waals surface area contributed by atoms with E-state index in [1.165, 1.54) is 0 Å². The summed E-state index contributed by atoms with van der Waals surface area (Å²) in [6, 6.07) is 0. The second-order valence-electron chi connectivity index (χ2n) is 0.247.